The lowest BCUT2D eigenvalue weighted by Crippen LogP contribution is -2.21. The van der Waals surface area contributed by atoms with E-state index in [9.17, 15) is 9.59 Å². The molecule has 0 bridgehead atoms. The molecule has 3 heteroatoms. The average Bonchev–Trinajstić information content (AvgIpc) is 2.50. The van der Waals surface area contributed by atoms with E-state index < -0.39 is 11.6 Å². The van der Waals surface area contributed by atoms with Gasteiger partial charge in [0.05, 0.1) is 6.54 Å². The Morgan fingerprint density at radius 3 is 2.20 bits per heavy atom. The number of Topliss-reactive ketones (excluding diaryl/α,β-unsaturated/α-hetero) is 2. The standard InChI is InChI=1S/C17H11NO2/c18-9-3-4-11-7-8-14-15(10-11)12-5-1-2-6-13(12)16(19)17(14)20/h1-2,5-8,10H,9,18H2. The normalized spacial score (nSPS) is 12.2. The summed E-state index contributed by atoms with van der Waals surface area (Å²) in [7, 11) is 0. The van der Waals surface area contributed by atoms with Crippen molar-refractivity contribution in [3.63, 3.8) is 0 Å². The van der Waals surface area contributed by atoms with Crippen LogP contribution in [0, 0.1) is 11.8 Å². The fourth-order valence-corrected chi connectivity index (χ4v) is 2.36. The average molecular weight is 261 g/mol. The summed E-state index contributed by atoms with van der Waals surface area (Å²) in [6.45, 7) is 0.283. The molecule has 3 nitrogen and oxygen atoms in total. The second-order valence-electron chi connectivity index (χ2n) is 4.47. The molecule has 2 N–H and O–H groups in total. The molecular weight excluding hydrogens is 250 g/mol. The van der Waals surface area contributed by atoms with E-state index in [4.69, 9.17) is 5.73 Å². The molecule has 0 heterocycles. The van der Waals surface area contributed by atoms with Crippen LogP contribution in [0.4, 0.5) is 0 Å². The van der Waals surface area contributed by atoms with E-state index in [0.29, 0.717) is 11.1 Å². The molecule has 0 atom stereocenters. The van der Waals surface area contributed by atoms with Gasteiger partial charge in [0.25, 0.3) is 0 Å². The van der Waals surface area contributed by atoms with Crippen LogP contribution in [-0.2, 0) is 0 Å². The van der Waals surface area contributed by atoms with Crippen LogP contribution < -0.4 is 5.73 Å². The van der Waals surface area contributed by atoms with Gasteiger partial charge in [-0.3, -0.25) is 9.59 Å². The minimum atomic E-state index is -0.461. The molecule has 2 aromatic rings. The third-order valence-electron chi connectivity index (χ3n) is 3.27. The fraction of sp³-hybridized carbons (Fsp3) is 0.0588. The smallest absolute Gasteiger partial charge is 0.234 e. The first kappa shape index (κ1) is 12.3. The Kier molecular flexibility index (Phi) is 2.94. The summed E-state index contributed by atoms with van der Waals surface area (Å²) in [6.07, 6.45) is 0. The van der Waals surface area contributed by atoms with Crippen LogP contribution in [0.15, 0.2) is 42.5 Å². The SMILES string of the molecule is NCC#Cc1ccc2c(c1)-c1ccccc1C(=O)C2=O. The predicted octanol–water partition coefficient (Wildman–Crippen LogP) is 2.04. The largest absolute Gasteiger partial charge is 0.320 e. The number of carbonyl (C=O) groups excluding carboxylic acids is 2. The molecule has 3 rings (SSSR count). The van der Waals surface area contributed by atoms with Crippen molar-refractivity contribution in [2.45, 2.75) is 0 Å². The van der Waals surface area contributed by atoms with E-state index in [1.807, 2.05) is 18.2 Å². The van der Waals surface area contributed by atoms with Crippen molar-refractivity contribution in [3.8, 4) is 23.0 Å². The van der Waals surface area contributed by atoms with Crippen LogP contribution >= 0.6 is 0 Å². The number of nitrogens with two attached hydrogens (primary N) is 1. The number of hydrogen-bond donors (Lipinski definition) is 1. The van der Waals surface area contributed by atoms with Crippen molar-refractivity contribution < 1.29 is 9.59 Å². The molecule has 0 aromatic heterocycles. The van der Waals surface area contributed by atoms with Crippen molar-refractivity contribution in [2.75, 3.05) is 6.54 Å². The molecule has 0 saturated heterocycles. The maximum absolute atomic E-state index is 12.1. The van der Waals surface area contributed by atoms with Gasteiger partial charge in [-0.25, -0.2) is 0 Å². The lowest BCUT2D eigenvalue weighted by Gasteiger charge is -2.17. The first-order chi connectivity index (χ1) is 9.72. The molecule has 1 aliphatic carbocycles. The van der Waals surface area contributed by atoms with Crippen molar-refractivity contribution in [3.05, 3.63) is 59.2 Å². The number of ketones is 2. The first-order valence-corrected chi connectivity index (χ1v) is 6.24. The van der Waals surface area contributed by atoms with Crippen LogP contribution in [-0.4, -0.2) is 18.1 Å². The first-order valence-electron chi connectivity index (χ1n) is 6.24. The summed E-state index contributed by atoms with van der Waals surface area (Å²) in [5.41, 5.74) is 8.57. The molecule has 0 spiro atoms. The highest BCUT2D eigenvalue weighted by Gasteiger charge is 2.29. The van der Waals surface area contributed by atoms with Crippen molar-refractivity contribution in [1.29, 1.82) is 0 Å². The van der Waals surface area contributed by atoms with Crippen molar-refractivity contribution >= 4 is 11.6 Å². The molecule has 96 valence electrons. The van der Waals surface area contributed by atoms with E-state index in [0.717, 1.165) is 16.7 Å². The van der Waals surface area contributed by atoms with Gasteiger partial charge in [-0.05, 0) is 29.3 Å². The molecular formula is C17H11NO2. The zero-order chi connectivity index (χ0) is 14.1. The van der Waals surface area contributed by atoms with Gasteiger partial charge in [-0.1, -0.05) is 36.1 Å². The third kappa shape index (κ3) is 1.83. The summed E-state index contributed by atoms with van der Waals surface area (Å²) < 4.78 is 0. The maximum atomic E-state index is 12.1. The minimum Gasteiger partial charge on any atom is -0.320 e. The van der Waals surface area contributed by atoms with Gasteiger partial charge in [-0.15, -0.1) is 0 Å². The van der Waals surface area contributed by atoms with Gasteiger partial charge >= 0.3 is 0 Å². The molecule has 0 fully saturated rings. The predicted molar refractivity (Wildman–Crippen MR) is 76.5 cm³/mol. The van der Waals surface area contributed by atoms with Crippen molar-refractivity contribution in [1.82, 2.24) is 0 Å². The Bertz CT molecular complexity index is 794. The highest BCUT2D eigenvalue weighted by molar-refractivity contribution is 6.53. The number of carbonyl (C=O) groups is 2. The van der Waals surface area contributed by atoms with E-state index in [2.05, 4.69) is 11.8 Å². The van der Waals surface area contributed by atoms with E-state index >= 15 is 0 Å². The van der Waals surface area contributed by atoms with Crippen molar-refractivity contribution in [2.24, 2.45) is 5.73 Å². The summed E-state index contributed by atoms with van der Waals surface area (Å²) in [5, 5.41) is 0. The molecule has 1 aliphatic rings. The van der Waals surface area contributed by atoms with Gasteiger partial charge in [0, 0.05) is 16.7 Å². The lowest BCUT2D eigenvalue weighted by molar-refractivity contribution is 0.0815. The van der Waals surface area contributed by atoms with Crippen LogP contribution in [0.3, 0.4) is 0 Å². The van der Waals surface area contributed by atoms with Crippen LogP contribution in [0.2, 0.25) is 0 Å². The van der Waals surface area contributed by atoms with Gasteiger partial charge in [-0.2, -0.15) is 0 Å². The van der Waals surface area contributed by atoms with Gasteiger partial charge in [0.2, 0.25) is 11.6 Å². The Hall–Kier alpha value is -2.70. The summed E-state index contributed by atoms with van der Waals surface area (Å²) in [5.74, 6) is 4.81. The Balaban J connectivity index is 2.26. The highest BCUT2D eigenvalue weighted by Crippen LogP contribution is 2.33. The van der Waals surface area contributed by atoms with Gasteiger partial charge in [0.1, 0.15) is 0 Å². The zero-order valence-corrected chi connectivity index (χ0v) is 10.6. The highest BCUT2D eigenvalue weighted by atomic mass is 16.2. The second-order valence-corrected chi connectivity index (χ2v) is 4.47. The number of hydrogen-bond acceptors (Lipinski definition) is 3. The molecule has 2 aromatic carbocycles. The molecule has 0 amide bonds. The van der Waals surface area contributed by atoms with E-state index in [1.165, 1.54) is 0 Å². The Labute approximate surface area is 116 Å². The summed E-state index contributed by atoms with van der Waals surface area (Å²) in [4.78, 5) is 24.1. The Morgan fingerprint density at radius 2 is 1.50 bits per heavy atom. The number of rotatable bonds is 0. The number of fused-ring (bicyclic) bond motifs is 3. The quantitative estimate of drug-likeness (QED) is 0.583. The maximum Gasteiger partial charge on any atom is 0.234 e. The fourth-order valence-electron chi connectivity index (χ4n) is 2.36. The van der Waals surface area contributed by atoms with E-state index in [-0.39, 0.29) is 6.54 Å². The molecule has 20 heavy (non-hydrogen) atoms. The lowest BCUT2D eigenvalue weighted by atomic mass is 9.83. The zero-order valence-electron chi connectivity index (χ0n) is 10.6. The Morgan fingerprint density at radius 1 is 0.850 bits per heavy atom. The van der Waals surface area contributed by atoms with Gasteiger partial charge in [0.15, 0.2) is 0 Å². The van der Waals surface area contributed by atoms with Gasteiger partial charge < -0.3 is 5.73 Å². The molecule has 0 unspecified atom stereocenters. The monoisotopic (exact) mass is 261 g/mol. The summed E-state index contributed by atoms with van der Waals surface area (Å²) >= 11 is 0. The van der Waals surface area contributed by atoms with E-state index in [1.54, 1.807) is 24.3 Å². The topological polar surface area (TPSA) is 60.2 Å². The molecule has 0 radical (unpaired) electrons. The molecule has 0 saturated carbocycles. The second kappa shape index (κ2) is 4.76. The minimum absolute atomic E-state index is 0.283. The number of benzene rings is 2. The van der Waals surface area contributed by atoms with Crippen LogP contribution in [0.25, 0.3) is 11.1 Å². The van der Waals surface area contributed by atoms with Crippen LogP contribution in [0.1, 0.15) is 26.3 Å². The summed E-state index contributed by atoms with van der Waals surface area (Å²) in [6, 6.07) is 12.4. The molecule has 0 aliphatic heterocycles. The van der Waals surface area contributed by atoms with Crippen LogP contribution in [0.5, 0.6) is 0 Å². The third-order valence-corrected chi connectivity index (χ3v) is 3.27.